The molecule has 1 saturated heterocycles. The van der Waals surface area contributed by atoms with Crippen LogP contribution in [0.15, 0.2) is 17.1 Å². The van der Waals surface area contributed by atoms with Crippen molar-refractivity contribution in [1.29, 1.82) is 0 Å². The summed E-state index contributed by atoms with van der Waals surface area (Å²) in [7, 11) is 1.60. The highest BCUT2D eigenvalue weighted by molar-refractivity contribution is 6.06. The number of nitrogens with zero attached hydrogens (tertiary/aromatic N) is 3. The maximum absolute atomic E-state index is 12.7. The number of benzene rings is 1. The summed E-state index contributed by atoms with van der Waals surface area (Å²) < 4.78 is 11.6. The number of aliphatic imine (C=N–C) groups is 1. The lowest BCUT2D eigenvalue weighted by molar-refractivity contribution is -0.146. The van der Waals surface area contributed by atoms with E-state index in [1.807, 2.05) is 17.0 Å². The number of unbranched alkanes of at least 4 members (excludes halogenated alkanes) is 3. The molecular formula is C26H36N4O6. The van der Waals surface area contributed by atoms with Crippen LogP contribution in [0.4, 0.5) is 5.69 Å². The molecule has 1 aliphatic carbocycles. The van der Waals surface area contributed by atoms with Crippen molar-refractivity contribution in [2.24, 2.45) is 4.99 Å². The van der Waals surface area contributed by atoms with Gasteiger partial charge in [0.1, 0.15) is 13.1 Å². The molecule has 1 saturated carbocycles. The molecule has 10 nitrogen and oxygen atoms in total. The number of carbonyl (C=O) groups excluding carboxylic acids is 2. The van der Waals surface area contributed by atoms with Gasteiger partial charge < -0.3 is 24.4 Å². The van der Waals surface area contributed by atoms with E-state index in [-0.39, 0.29) is 30.9 Å². The third kappa shape index (κ3) is 6.27. The van der Waals surface area contributed by atoms with E-state index in [2.05, 4.69) is 10.3 Å². The van der Waals surface area contributed by atoms with Crippen LogP contribution in [0.1, 0.15) is 69.8 Å². The van der Waals surface area contributed by atoms with Crippen LogP contribution in [0.2, 0.25) is 0 Å². The zero-order valence-electron chi connectivity index (χ0n) is 21.0. The van der Waals surface area contributed by atoms with Gasteiger partial charge in [0.25, 0.3) is 0 Å². The lowest BCUT2D eigenvalue weighted by Crippen LogP contribution is -2.44. The maximum Gasteiger partial charge on any atom is 0.323 e. The van der Waals surface area contributed by atoms with E-state index in [9.17, 15) is 19.5 Å². The van der Waals surface area contributed by atoms with Crippen molar-refractivity contribution in [3.05, 3.63) is 17.7 Å². The van der Waals surface area contributed by atoms with Gasteiger partial charge in [-0.15, -0.1) is 0 Å². The molecule has 0 radical (unpaired) electrons. The van der Waals surface area contributed by atoms with Crippen LogP contribution in [0.25, 0.3) is 0 Å². The maximum atomic E-state index is 12.7. The molecule has 2 aliphatic heterocycles. The molecule has 4 rings (SSSR count). The summed E-state index contributed by atoms with van der Waals surface area (Å²) in [6, 6.07) is 3.79. The zero-order chi connectivity index (χ0) is 25.5. The van der Waals surface area contributed by atoms with Crippen LogP contribution in [0.5, 0.6) is 11.5 Å². The number of ether oxygens (including phenoxy) is 2. The van der Waals surface area contributed by atoms with Gasteiger partial charge in [0.2, 0.25) is 17.8 Å². The Labute approximate surface area is 211 Å². The largest absolute Gasteiger partial charge is 0.492 e. The van der Waals surface area contributed by atoms with Crippen molar-refractivity contribution in [2.45, 2.75) is 76.8 Å². The van der Waals surface area contributed by atoms with Crippen molar-refractivity contribution in [3.8, 4) is 11.5 Å². The number of carboxylic acids is 1. The highest BCUT2D eigenvalue weighted by Gasteiger charge is 2.31. The van der Waals surface area contributed by atoms with Gasteiger partial charge in [-0.2, -0.15) is 0 Å². The van der Waals surface area contributed by atoms with E-state index >= 15 is 0 Å². The van der Waals surface area contributed by atoms with Crippen LogP contribution >= 0.6 is 0 Å². The number of carboxylic acid groups (broad SMARTS) is 1. The second-order valence-corrected chi connectivity index (χ2v) is 9.65. The van der Waals surface area contributed by atoms with Crippen molar-refractivity contribution >= 4 is 29.4 Å². The van der Waals surface area contributed by atoms with Crippen LogP contribution in [-0.2, 0) is 20.9 Å². The van der Waals surface area contributed by atoms with E-state index in [0.29, 0.717) is 37.0 Å². The van der Waals surface area contributed by atoms with Crippen LogP contribution in [0, 0.1) is 0 Å². The van der Waals surface area contributed by atoms with E-state index in [1.165, 1.54) is 0 Å². The summed E-state index contributed by atoms with van der Waals surface area (Å²) in [5, 5.41) is 12.0. The molecule has 10 heteroatoms. The minimum absolute atomic E-state index is 0.0416. The van der Waals surface area contributed by atoms with Crippen molar-refractivity contribution in [1.82, 2.24) is 15.1 Å². The van der Waals surface area contributed by atoms with E-state index < -0.39 is 5.97 Å². The molecule has 0 atom stereocenters. The first kappa shape index (κ1) is 25.8. The Bertz CT molecular complexity index is 1000. The smallest absolute Gasteiger partial charge is 0.323 e. The minimum atomic E-state index is -0.943. The summed E-state index contributed by atoms with van der Waals surface area (Å²) in [5.74, 6) is 0.817. The molecule has 1 aromatic rings. The molecule has 2 fully saturated rings. The van der Waals surface area contributed by atoms with Crippen LogP contribution in [0.3, 0.4) is 0 Å². The predicted octanol–water partition coefficient (Wildman–Crippen LogP) is 3.20. The molecule has 2 heterocycles. The number of nitrogens with one attached hydrogen (secondary N) is 1. The number of aliphatic carboxylic acids is 1. The second-order valence-electron chi connectivity index (χ2n) is 9.65. The number of guanidine groups is 1. The first-order valence-corrected chi connectivity index (χ1v) is 12.9. The Balaban J connectivity index is 1.20. The minimum Gasteiger partial charge on any atom is -0.492 e. The molecule has 1 aromatic carbocycles. The molecule has 2 N–H and O–H groups in total. The Morgan fingerprint density at radius 3 is 2.67 bits per heavy atom. The molecular weight excluding hydrogens is 464 g/mol. The average Bonchev–Trinajstić information content (AvgIpc) is 3.24. The van der Waals surface area contributed by atoms with Gasteiger partial charge >= 0.3 is 5.97 Å². The SMILES string of the molecule is COc1c(OCCCCCCC(=O)N(CC(=O)O)C2CCCCC2)ccc2c1CN1CC(=O)NC1=N2. The molecule has 0 aromatic heterocycles. The third-order valence-corrected chi connectivity index (χ3v) is 7.05. The Morgan fingerprint density at radius 1 is 1.14 bits per heavy atom. The molecule has 0 bridgehead atoms. The van der Waals surface area contributed by atoms with Gasteiger partial charge in [0.15, 0.2) is 11.5 Å². The molecule has 36 heavy (non-hydrogen) atoms. The monoisotopic (exact) mass is 500 g/mol. The van der Waals surface area contributed by atoms with Gasteiger partial charge in [0.05, 0.1) is 25.9 Å². The van der Waals surface area contributed by atoms with Crippen LogP contribution < -0.4 is 14.8 Å². The number of amides is 2. The van der Waals surface area contributed by atoms with Gasteiger partial charge in [-0.3, -0.25) is 19.7 Å². The quantitative estimate of drug-likeness (QED) is 0.423. The van der Waals surface area contributed by atoms with Crippen molar-refractivity contribution in [3.63, 3.8) is 0 Å². The lowest BCUT2D eigenvalue weighted by atomic mass is 9.93. The van der Waals surface area contributed by atoms with Gasteiger partial charge in [-0.1, -0.05) is 32.1 Å². The number of rotatable bonds is 12. The second kappa shape index (κ2) is 12.1. The first-order chi connectivity index (χ1) is 17.5. The van der Waals surface area contributed by atoms with E-state index in [0.717, 1.165) is 69.0 Å². The standard InChI is InChI=1S/C26H36N4O6/c1-35-25-19-15-29-16-22(31)28-26(29)27-20(19)12-13-21(25)36-14-8-3-2-7-11-23(32)30(17-24(33)34)18-9-5-4-6-10-18/h12-13,18H,2-11,14-17H2,1H3,(H,33,34)(H,27,28,31). The number of hydrogen-bond acceptors (Lipinski definition) is 7. The lowest BCUT2D eigenvalue weighted by Gasteiger charge is -2.33. The summed E-state index contributed by atoms with van der Waals surface area (Å²) in [5.41, 5.74) is 1.67. The molecule has 196 valence electrons. The topological polar surface area (TPSA) is 121 Å². The fourth-order valence-electron chi connectivity index (χ4n) is 5.23. The van der Waals surface area contributed by atoms with Gasteiger partial charge in [-0.25, -0.2) is 4.99 Å². The highest BCUT2D eigenvalue weighted by Crippen LogP contribution is 2.40. The third-order valence-electron chi connectivity index (χ3n) is 7.05. The average molecular weight is 501 g/mol. The predicted molar refractivity (Wildman–Crippen MR) is 133 cm³/mol. The first-order valence-electron chi connectivity index (χ1n) is 12.9. The Hall–Kier alpha value is -3.30. The van der Waals surface area contributed by atoms with E-state index in [4.69, 9.17) is 9.47 Å². The zero-order valence-corrected chi connectivity index (χ0v) is 21.0. The normalized spacial score (nSPS) is 17.1. The molecule has 2 amide bonds. The Kier molecular flexibility index (Phi) is 8.66. The highest BCUT2D eigenvalue weighted by atomic mass is 16.5. The Morgan fingerprint density at radius 2 is 1.92 bits per heavy atom. The number of fused-ring (bicyclic) bond motifs is 2. The van der Waals surface area contributed by atoms with Crippen molar-refractivity contribution in [2.75, 3.05) is 26.8 Å². The fraction of sp³-hybridized carbons (Fsp3) is 0.615. The molecule has 0 unspecified atom stereocenters. The van der Waals surface area contributed by atoms with E-state index in [1.54, 1.807) is 12.0 Å². The summed E-state index contributed by atoms with van der Waals surface area (Å²) in [4.78, 5) is 43.7. The van der Waals surface area contributed by atoms with Crippen LogP contribution in [-0.4, -0.2) is 71.5 Å². The summed E-state index contributed by atoms with van der Waals surface area (Å²) in [6.07, 6.45) is 8.87. The fourth-order valence-corrected chi connectivity index (χ4v) is 5.23. The van der Waals surface area contributed by atoms with Gasteiger partial charge in [0, 0.05) is 18.0 Å². The summed E-state index contributed by atoms with van der Waals surface area (Å²) in [6.45, 7) is 1.14. The molecule has 3 aliphatic rings. The summed E-state index contributed by atoms with van der Waals surface area (Å²) >= 11 is 0. The number of hydrogen-bond donors (Lipinski definition) is 2. The molecule has 0 spiro atoms. The van der Waals surface area contributed by atoms with Crippen molar-refractivity contribution < 1.29 is 29.0 Å². The number of methoxy groups -OCH3 is 1. The number of carbonyl (C=O) groups is 3. The van der Waals surface area contributed by atoms with Gasteiger partial charge in [-0.05, 0) is 37.8 Å².